The number of benzene rings is 2. The number of fused-ring (bicyclic) bond motifs is 1. The van der Waals surface area contributed by atoms with Crippen molar-refractivity contribution in [3.05, 3.63) is 58.6 Å². The Balaban J connectivity index is 1.93. The molecule has 0 spiro atoms. The van der Waals surface area contributed by atoms with Crippen LogP contribution in [0, 0.1) is 0 Å². The van der Waals surface area contributed by atoms with E-state index in [1.165, 1.54) is 11.0 Å². The molecule has 0 unspecified atom stereocenters. The van der Waals surface area contributed by atoms with Crippen LogP contribution in [0.5, 0.6) is 0 Å². The van der Waals surface area contributed by atoms with E-state index in [-0.39, 0.29) is 10.7 Å². The maximum absolute atomic E-state index is 13.4. The van der Waals surface area contributed by atoms with Gasteiger partial charge in [0.15, 0.2) is 0 Å². The second-order valence-corrected chi connectivity index (χ2v) is 6.62. The van der Waals surface area contributed by atoms with E-state index >= 15 is 0 Å². The number of hydrogen-bond donors (Lipinski definition) is 0. The van der Waals surface area contributed by atoms with Crippen LogP contribution < -0.4 is 9.80 Å². The van der Waals surface area contributed by atoms with Crippen LogP contribution in [-0.2, 0) is 22.2 Å². The highest BCUT2D eigenvalue weighted by molar-refractivity contribution is 6.30. The third kappa shape index (κ3) is 3.93. The van der Waals surface area contributed by atoms with Gasteiger partial charge in [0, 0.05) is 24.2 Å². The van der Waals surface area contributed by atoms with Crippen LogP contribution >= 0.6 is 11.6 Å². The Bertz CT molecular complexity index is 899. The fraction of sp³-hybridized carbons (Fsp3) is 0.263. The van der Waals surface area contributed by atoms with Crippen molar-refractivity contribution in [2.24, 2.45) is 0 Å². The molecule has 0 fully saturated rings. The summed E-state index contributed by atoms with van der Waals surface area (Å²) < 4.78 is 40.2. The van der Waals surface area contributed by atoms with Crippen molar-refractivity contribution in [3.8, 4) is 0 Å². The Labute approximate surface area is 159 Å². The van der Waals surface area contributed by atoms with E-state index in [9.17, 15) is 22.8 Å². The smallest absolute Gasteiger partial charge is 0.310 e. The molecule has 1 aliphatic rings. The van der Waals surface area contributed by atoms with Crippen molar-refractivity contribution in [3.63, 3.8) is 0 Å². The number of halogens is 4. The molecule has 8 heteroatoms. The van der Waals surface area contributed by atoms with Crippen molar-refractivity contribution < 1.29 is 22.8 Å². The largest absolute Gasteiger partial charge is 0.418 e. The lowest BCUT2D eigenvalue weighted by Gasteiger charge is -2.27. The number of nitrogens with zero attached hydrogens (tertiary/aromatic N) is 2. The first-order valence-electron chi connectivity index (χ1n) is 8.21. The topological polar surface area (TPSA) is 40.6 Å². The lowest BCUT2D eigenvalue weighted by molar-refractivity contribution is -0.137. The SMILES string of the molecule is CC(=O)N(CC(=O)N1CCc2ccccc21)c1ccc(Cl)cc1C(F)(F)F. The zero-order chi connectivity index (χ0) is 19.8. The molecule has 0 saturated heterocycles. The highest BCUT2D eigenvalue weighted by atomic mass is 35.5. The third-order valence-corrected chi connectivity index (χ3v) is 4.65. The average molecular weight is 397 g/mol. The molecule has 2 aromatic rings. The molecule has 0 bridgehead atoms. The zero-order valence-corrected chi connectivity index (χ0v) is 15.1. The summed E-state index contributed by atoms with van der Waals surface area (Å²) in [6.07, 6.45) is -4.05. The van der Waals surface area contributed by atoms with Gasteiger partial charge in [-0.2, -0.15) is 13.2 Å². The molecular weight excluding hydrogens is 381 g/mol. The van der Waals surface area contributed by atoms with Crippen molar-refractivity contribution >= 4 is 34.8 Å². The Kier molecular flexibility index (Phi) is 5.15. The number of carbonyl (C=O) groups excluding carboxylic acids is 2. The monoisotopic (exact) mass is 396 g/mol. The summed E-state index contributed by atoms with van der Waals surface area (Å²) in [5.41, 5.74) is 0.265. The van der Waals surface area contributed by atoms with Crippen molar-refractivity contribution in [2.75, 3.05) is 22.9 Å². The van der Waals surface area contributed by atoms with E-state index in [1.807, 2.05) is 12.1 Å². The van der Waals surface area contributed by atoms with Crippen LogP contribution in [0.3, 0.4) is 0 Å². The number of amides is 2. The van der Waals surface area contributed by atoms with Crippen molar-refractivity contribution in [2.45, 2.75) is 19.5 Å². The Morgan fingerprint density at radius 1 is 1.19 bits per heavy atom. The fourth-order valence-corrected chi connectivity index (χ4v) is 3.33. The van der Waals surface area contributed by atoms with Gasteiger partial charge in [0.2, 0.25) is 11.8 Å². The number of hydrogen-bond acceptors (Lipinski definition) is 2. The van der Waals surface area contributed by atoms with E-state index < -0.39 is 30.1 Å². The minimum absolute atomic E-state index is 0.102. The Morgan fingerprint density at radius 3 is 2.56 bits per heavy atom. The van der Waals surface area contributed by atoms with Gasteiger partial charge in [-0.1, -0.05) is 29.8 Å². The molecule has 3 rings (SSSR count). The van der Waals surface area contributed by atoms with Gasteiger partial charge in [0.05, 0.1) is 11.3 Å². The molecule has 1 aliphatic heterocycles. The van der Waals surface area contributed by atoms with E-state index in [0.717, 1.165) is 35.2 Å². The average Bonchev–Trinajstić information content (AvgIpc) is 3.03. The number of anilines is 2. The van der Waals surface area contributed by atoms with Crippen LogP contribution in [0.15, 0.2) is 42.5 Å². The molecule has 0 saturated carbocycles. The van der Waals surface area contributed by atoms with Gasteiger partial charge in [0.25, 0.3) is 0 Å². The summed E-state index contributed by atoms with van der Waals surface area (Å²) in [7, 11) is 0. The molecule has 142 valence electrons. The molecule has 1 heterocycles. The molecule has 0 aliphatic carbocycles. The molecule has 27 heavy (non-hydrogen) atoms. The first-order valence-corrected chi connectivity index (χ1v) is 8.59. The lowest BCUT2D eigenvalue weighted by Crippen LogP contribution is -2.42. The second kappa shape index (κ2) is 7.23. The van der Waals surface area contributed by atoms with Crippen LogP contribution in [0.1, 0.15) is 18.1 Å². The van der Waals surface area contributed by atoms with Crippen molar-refractivity contribution in [1.82, 2.24) is 0 Å². The second-order valence-electron chi connectivity index (χ2n) is 6.19. The molecule has 0 radical (unpaired) electrons. The highest BCUT2D eigenvalue weighted by Gasteiger charge is 2.37. The fourth-order valence-electron chi connectivity index (χ4n) is 3.15. The van der Waals surface area contributed by atoms with Gasteiger partial charge in [0.1, 0.15) is 6.54 Å². The molecule has 2 amide bonds. The van der Waals surface area contributed by atoms with Crippen molar-refractivity contribution in [1.29, 1.82) is 0 Å². The number of para-hydroxylation sites is 1. The molecule has 0 aromatic heterocycles. The van der Waals surface area contributed by atoms with Gasteiger partial charge in [-0.05, 0) is 36.2 Å². The Morgan fingerprint density at radius 2 is 1.89 bits per heavy atom. The van der Waals surface area contributed by atoms with Crippen LogP contribution in [-0.4, -0.2) is 24.9 Å². The summed E-state index contributed by atoms with van der Waals surface area (Å²) in [6.45, 7) is 1.06. The summed E-state index contributed by atoms with van der Waals surface area (Å²) in [4.78, 5) is 27.1. The van der Waals surface area contributed by atoms with E-state index in [4.69, 9.17) is 11.6 Å². The van der Waals surface area contributed by atoms with Gasteiger partial charge in [-0.25, -0.2) is 0 Å². The number of carbonyl (C=O) groups is 2. The first-order chi connectivity index (χ1) is 12.7. The third-order valence-electron chi connectivity index (χ3n) is 4.42. The predicted molar refractivity (Wildman–Crippen MR) is 97.0 cm³/mol. The van der Waals surface area contributed by atoms with E-state index in [1.54, 1.807) is 12.1 Å². The van der Waals surface area contributed by atoms with Gasteiger partial charge in [-0.15, -0.1) is 0 Å². The molecular formula is C19H16ClF3N2O2. The quantitative estimate of drug-likeness (QED) is 0.776. The normalized spacial score (nSPS) is 13.4. The van der Waals surface area contributed by atoms with E-state index in [2.05, 4.69) is 0 Å². The maximum Gasteiger partial charge on any atom is 0.418 e. The van der Waals surface area contributed by atoms with Gasteiger partial charge < -0.3 is 9.80 Å². The van der Waals surface area contributed by atoms with Crippen LogP contribution in [0.25, 0.3) is 0 Å². The minimum atomic E-state index is -4.71. The number of rotatable bonds is 3. The first kappa shape index (κ1) is 19.2. The summed E-state index contributed by atoms with van der Waals surface area (Å²) >= 11 is 5.69. The summed E-state index contributed by atoms with van der Waals surface area (Å²) in [5, 5.41) is -0.102. The minimum Gasteiger partial charge on any atom is -0.310 e. The lowest BCUT2D eigenvalue weighted by atomic mass is 10.1. The van der Waals surface area contributed by atoms with Gasteiger partial charge >= 0.3 is 6.18 Å². The summed E-state index contributed by atoms with van der Waals surface area (Å²) in [6, 6.07) is 10.4. The van der Waals surface area contributed by atoms with Crippen LogP contribution in [0.4, 0.5) is 24.5 Å². The zero-order valence-electron chi connectivity index (χ0n) is 14.4. The maximum atomic E-state index is 13.4. The standard InChI is InChI=1S/C19H16ClF3N2O2/c1-12(26)25(17-7-6-14(20)10-15(17)19(21,22)23)11-18(27)24-9-8-13-4-2-3-5-16(13)24/h2-7,10H,8-9,11H2,1H3. The van der Waals surface area contributed by atoms with E-state index in [0.29, 0.717) is 13.0 Å². The molecule has 0 N–H and O–H groups in total. The summed E-state index contributed by atoms with van der Waals surface area (Å²) in [5.74, 6) is -1.11. The van der Waals surface area contributed by atoms with Crippen LogP contribution in [0.2, 0.25) is 5.02 Å². The molecule has 2 aromatic carbocycles. The predicted octanol–water partition coefficient (Wildman–Crippen LogP) is 4.30. The molecule has 0 atom stereocenters. The Hall–Kier alpha value is -2.54. The number of alkyl halides is 3. The molecule has 4 nitrogen and oxygen atoms in total. The van der Waals surface area contributed by atoms with Gasteiger partial charge in [-0.3, -0.25) is 9.59 Å². The highest BCUT2D eigenvalue weighted by Crippen LogP contribution is 2.38.